The highest BCUT2D eigenvalue weighted by molar-refractivity contribution is 7.84. The van der Waals surface area contributed by atoms with Crippen LogP contribution < -0.4 is 0 Å². The number of rotatable bonds is 6. The number of pyridine rings is 1. The standard InChI is InChI=1S/C23H26N2O2S/c1-28(26)19-7-5-18(6-8-19)20(16-17-11-14-27-15-12-17)21-9-10-23(25-21)22-4-2-3-13-24-22/h2-10,13,17,20,25H,11-12,14-16H2,1H3. The van der Waals surface area contributed by atoms with E-state index in [4.69, 9.17) is 4.74 Å². The summed E-state index contributed by atoms with van der Waals surface area (Å²) in [5.74, 6) is 0.931. The summed E-state index contributed by atoms with van der Waals surface area (Å²) in [5.41, 5.74) is 4.46. The fraction of sp³-hybridized carbons (Fsp3) is 0.348. The van der Waals surface area contributed by atoms with Crippen molar-refractivity contribution in [2.45, 2.75) is 30.1 Å². The molecule has 2 atom stereocenters. The van der Waals surface area contributed by atoms with E-state index in [1.165, 1.54) is 11.3 Å². The Hall–Kier alpha value is -2.24. The molecule has 2 aromatic heterocycles. The van der Waals surface area contributed by atoms with Crippen LogP contribution in [0.15, 0.2) is 65.7 Å². The molecule has 1 aromatic carbocycles. The van der Waals surface area contributed by atoms with Crippen molar-refractivity contribution in [2.75, 3.05) is 19.5 Å². The quantitative estimate of drug-likeness (QED) is 0.656. The highest BCUT2D eigenvalue weighted by Crippen LogP contribution is 2.35. The van der Waals surface area contributed by atoms with Gasteiger partial charge in [-0.15, -0.1) is 0 Å². The molecule has 4 nitrogen and oxygen atoms in total. The van der Waals surface area contributed by atoms with Crippen LogP contribution in [0, 0.1) is 5.92 Å². The predicted molar refractivity (Wildman–Crippen MR) is 113 cm³/mol. The molecule has 1 saturated heterocycles. The Labute approximate surface area is 168 Å². The van der Waals surface area contributed by atoms with Crippen LogP contribution in [-0.4, -0.2) is 33.6 Å². The van der Waals surface area contributed by atoms with E-state index in [9.17, 15) is 4.21 Å². The fourth-order valence-corrected chi connectivity index (χ4v) is 4.46. The molecule has 1 aliphatic rings. The lowest BCUT2D eigenvalue weighted by Gasteiger charge is -2.27. The van der Waals surface area contributed by atoms with Gasteiger partial charge in [-0.05, 0) is 67.1 Å². The van der Waals surface area contributed by atoms with Crippen LogP contribution in [0.5, 0.6) is 0 Å². The van der Waals surface area contributed by atoms with Crippen molar-refractivity contribution in [3.05, 3.63) is 72.1 Å². The van der Waals surface area contributed by atoms with E-state index >= 15 is 0 Å². The molecule has 146 valence electrons. The highest BCUT2D eigenvalue weighted by atomic mass is 32.2. The highest BCUT2D eigenvalue weighted by Gasteiger charge is 2.23. The van der Waals surface area contributed by atoms with E-state index in [2.05, 4.69) is 34.2 Å². The Morgan fingerprint density at radius 2 is 1.89 bits per heavy atom. The van der Waals surface area contributed by atoms with E-state index in [1.807, 2.05) is 36.5 Å². The molecule has 0 bridgehead atoms. The van der Waals surface area contributed by atoms with Gasteiger partial charge >= 0.3 is 0 Å². The summed E-state index contributed by atoms with van der Waals surface area (Å²) >= 11 is 0. The third-order valence-corrected chi connectivity index (χ3v) is 6.49. The van der Waals surface area contributed by atoms with Gasteiger partial charge in [0.2, 0.25) is 0 Å². The number of nitrogens with zero attached hydrogens (tertiary/aromatic N) is 1. The maximum atomic E-state index is 11.8. The van der Waals surface area contributed by atoms with Gasteiger partial charge < -0.3 is 9.72 Å². The van der Waals surface area contributed by atoms with Gasteiger partial charge in [0.15, 0.2) is 0 Å². The minimum absolute atomic E-state index is 0.278. The summed E-state index contributed by atoms with van der Waals surface area (Å²) in [6.45, 7) is 1.71. The van der Waals surface area contributed by atoms with Crippen LogP contribution >= 0.6 is 0 Å². The molecule has 0 radical (unpaired) electrons. The van der Waals surface area contributed by atoms with Crippen LogP contribution in [0.1, 0.15) is 36.4 Å². The van der Waals surface area contributed by atoms with Crippen molar-refractivity contribution >= 4 is 10.8 Å². The Morgan fingerprint density at radius 3 is 2.57 bits per heavy atom. The van der Waals surface area contributed by atoms with E-state index in [-0.39, 0.29) is 5.92 Å². The fourth-order valence-electron chi connectivity index (χ4n) is 3.94. The summed E-state index contributed by atoms with van der Waals surface area (Å²) in [4.78, 5) is 8.93. The average molecular weight is 395 g/mol. The summed E-state index contributed by atoms with van der Waals surface area (Å²) < 4.78 is 17.3. The predicted octanol–water partition coefficient (Wildman–Crippen LogP) is 4.76. The number of H-pyrrole nitrogens is 1. The molecular formula is C23H26N2O2S. The lowest BCUT2D eigenvalue weighted by molar-refractivity contribution is 0.0626. The second kappa shape index (κ2) is 8.84. The Bertz CT molecular complexity index is 915. The van der Waals surface area contributed by atoms with Gasteiger partial charge in [0, 0.05) is 53.0 Å². The van der Waals surface area contributed by atoms with Crippen LogP contribution in [0.3, 0.4) is 0 Å². The second-order valence-electron chi connectivity index (χ2n) is 7.41. The molecule has 3 aromatic rings. The molecule has 3 heterocycles. The van der Waals surface area contributed by atoms with Crippen LogP contribution in [0.4, 0.5) is 0 Å². The number of aromatic amines is 1. The van der Waals surface area contributed by atoms with E-state index in [0.29, 0.717) is 5.92 Å². The summed E-state index contributed by atoms with van der Waals surface area (Å²) in [6, 6.07) is 18.5. The first kappa shape index (κ1) is 19.1. The maximum Gasteiger partial charge on any atom is 0.0864 e. The molecule has 4 rings (SSSR count). The third kappa shape index (κ3) is 4.42. The van der Waals surface area contributed by atoms with Gasteiger partial charge in [-0.2, -0.15) is 0 Å². The molecule has 1 fully saturated rings. The zero-order valence-corrected chi connectivity index (χ0v) is 17.0. The number of nitrogens with one attached hydrogen (secondary N) is 1. The van der Waals surface area contributed by atoms with E-state index in [0.717, 1.165) is 48.8 Å². The zero-order valence-electron chi connectivity index (χ0n) is 16.1. The lowest BCUT2D eigenvalue weighted by Crippen LogP contribution is -2.18. The Morgan fingerprint density at radius 1 is 1.11 bits per heavy atom. The smallest absolute Gasteiger partial charge is 0.0864 e. The summed E-state index contributed by atoms with van der Waals surface area (Å²) in [6.07, 6.45) is 6.85. The van der Waals surface area contributed by atoms with Gasteiger partial charge in [0.1, 0.15) is 0 Å². The van der Waals surface area contributed by atoms with Crippen LogP contribution in [0.25, 0.3) is 11.4 Å². The summed E-state index contributed by atoms with van der Waals surface area (Å²) in [5, 5.41) is 0. The molecule has 2 unspecified atom stereocenters. The molecule has 1 N–H and O–H groups in total. The summed E-state index contributed by atoms with van der Waals surface area (Å²) in [7, 11) is -0.955. The molecular weight excluding hydrogens is 368 g/mol. The molecule has 1 aliphatic heterocycles. The molecule has 5 heteroatoms. The SMILES string of the molecule is CS(=O)c1ccc(C(CC2CCOCC2)c2ccc(-c3ccccn3)[nH]2)cc1. The number of benzene rings is 1. The molecule has 0 aliphatic carbocycles. The minimum atomic E-state index is -0.955. The molecule has 0 amide bonds. The van der Waals surface area contributed by atoms with Gasteiger partial charge in [-0.3, -0.25) is 9.19 Å². The van der Waals surface area contributed by atoms with Crippen LogP contribution in [-0.2, 0) is 15.5 Å². The molecule has 0 spiro atoms. The van der Waals surface area contributed by atoms with Gasteiger partial charge in [0.25, 0.3) is 0 Å². The number of hydrogen-bond donors (Lipinski definition) is 1. The number of hydrogen-bond acceptors (Lipinski definition) is 3. The molecule has 28 heavy (non-hydrogen) atoms. The number of ether oxygens (including phenoxy) is 1. The van der Waals surface area contributed by atoms with Gasteiger partial charge in [-0.25, -0.2) is 0 Å². The van der Waals surface area contributed by atoms with Gasteiger partial charge in [-0.1, -0.05) is 18.2 Å². The average Bonchev–Trinajstić information content (AvgIpc) is 3.23. The van der Waals surface area contributed by atoms with Crippen LogP contribution in [0.2, 0.25) is 0 Å². The minimum Gasteiger partial charge on any atom is -0.381 e. The number of aromatic nitrogens is 2. The third-order valence-electron chi connectivity index (χ3n) is 5.55. The first-order valence-electron chi connectivity index (χ1n) is 9.82. The Balaban J connectivity index is 1.64. The van der Waals surface area contributed by atoms with E-state index < -0.39 is 10.8 Å². The van der Waals surface area contributed by atoms with Crippen molar-refractivity contribution in [3.8, 4) is 11.4 Å². The first-order chi connectivity index (χ1) is 13.7. The second-order valence-corrected chi connectivity index (χ2v) is 8.79. The molecule has 0 saturated carbocycles. The van der Waals surface area contributed by atoms with Crippen molar-refractivity contribution in [3.63, 3.8) is 0 Å². The lowest BCUT2D eigenvalue weighted by atomic mass is 9.83. The first-order valence-corrected chi connectivity index (χ1v) is 11.4. The van der Waals surface area contributed by atoms with Crippen molar-refractivity contribution in [2.24, 2.45) is 5.92 Å². The topological polar surface area (TPSA) is 55.0 Å². The van der Waals surface area contributed by atoms with Crippen molar-refractivity contribution in [1.82, 2.24) is 9.97 Å². The largest absolute Gasteiger partial charge is 0.381 e. The van der Waals surface area contributed by atoms with Crippen molar-refractivity contribution in [1.29, 1.82) is 0 Å². The normalized spacial score (nSPS) is 17.3. The van der Waals surface area contributed by atoms with Crippen molar-refractivity contribution < 1.29 is 8.95 Å². The van der Waals surface area contributed by atoms with Gasteiger partial charge in [0.05, 0.1) is 11.4 Å². The van der Waals surface area contributed by atoms with E-state index in [1.54, 1.807) is 6.26 Å². The maximum absolute atomic E-state index is 11.8. The zero-order chi connectivity index (χ0) is 19.3. The Kier molecular flexibility index (Phi) is 6.03. The monoisotopic (exact) mass is 394 g/mol.